The first-order valence-corrected chi connectivity index (χ1v) is 10.0. The molecule has 2 saturated heterocycles. The molecule has 0 aliphatic carbocycles. The number of amides is 2. The van der Waals surface area contributed by atoms with Crippen LogP contribution in [0.25, 0.3) is 0 Å². The van der Waals surface area contributed by atoms with Crippen molar-refractivity contribution in [2.75, 3.05) is 26.2 Å². The largest absolute Gasteiger partial charge is 0.342 e. The summed E-state index contributed by atoms with van der Waals surface area (Å²) in [6.45, 7) is 3.01. The van der Waals surface area contributed by atoms with E-state index < -0.39 is 0 Å². The molecule has 1 spiro atoms. The third-order valence-electron chi connectivity index (χ3n) is 6.04. The summed E-state index contributed by atoms with van der Waals surface area (Å²) in [5.74, 6) is 0.203. The number of carbonyl (C=O) groups excluding carboxylic acids is 2. The highest BCUT2D eigenvalue weighted by Crippen LogP contribution is 2.41. The Morgan fingerprint density at radius 3 is 2.61 bits per heavy atom. The Hall–Kier alpha value is -2.76. The van der Waals surface area contributed by atoms with Crippen LogP contribution in [0.3, 0.4) is 0 Å². The summed E-state index contributed by atoms with van der Waals surface area (Å²) in [5.41, 5.74) is 1.74. The number of rotatable bonds is 5. The van der Waals surface area contributed by atoms with Crippen molar-refractivity contribution in [1.82, 2.24) is 19.8 Å². The summed E-state index contributed by atoms with van der Waals surface area (Å²) in [5, 5.41) is 0. The molecule has 2 fully saturated rings. The minimum atomic E-state index is -0.0630. The second kappa shape index (κ2) is 8.09. The van der Waals surface area contributed by atoms with Gasteiger partial charge in [-0.25, -0.2) is 4.98 Å². The van der Waals surface area contributed by atoms with Gasteiger partial charge in [0.1, 0.15) is 5.69 Å². The Morgan fingerprint density at radius 2 is 1.89 bits per heavy atom. The van der Waals surface area contributed by atoms with Gasteiger partial charge in [-0.15, -0.1) is 0 Å². The van der Waals surface area contributed by atoms with E-state index in [1.165, 1.54) is 11.8 Å². The zero-order valence-corrected chi connectivity index (χ0v) is 16.1. The van der Waals surface area contributed by atoms with Gasteiger partial charge in [-0.1, -0.05) is 30.3 Å². The maximum atomic E-state index is 12.6. The highest BCUT2D eigenvalue weighted by molar-refractivity contribution is 5.92. The molecule has 0 unspecified atom stereocenters. The van der Waals surface area contributed by atoms with Gasteiger partial charge < -0.3 is 9.80 Å². The van der Waals surface area contributed by atoms with Gasteiger partial charge in [0, 0.05) is 50.4 Å². The van der Waals surface area contributed by atoms with Crippen LogP contribution in [0.15, 0.2) is 48.9 Å². The number of benzene rings is 1. The van der Waals surface area contributed by atoms with Crippen LogP contribution in [0, 0.1) is 5.41 Å². The summed E-state index contributed by atoms with van der Waals surface area (Å²) in [6, 6.07) is 10.4. The van der Waals surface area contributed by atoms with Crippen molar-refractivity contribution in [3.05, 3.63) is 60.2 Å². The molecule has 0 saturated carbocycles. The van der Waals surface area contributed by atoms with Crippen molar-refractivity contribution in [3.8, 4) is 0 Å². The molecule has 28 heavy (non-hydrogen) atoms. The van der Waals surface area contributed by atoms with Gasteiger partial charge in [0.2, 0.25) is 5.91 Å². The van der Waals surface area contributed by atoms with E-state index in [0.29, 0.717) is 25.2 Å². The molecule has 0 atom stereocenters. The molecule has 2 aromatic rings. The number of hydrogen-bond acceptors (Lipinski definition) is 4. The molecule has 1 aromatic carbocycles. The number of aryl methyl sites for hydroxylation is 1. The molecule has 1 aromatic heterocycles. The minimum absolute atomic E-state index is 0.0307. The molecule has 0 N–H and O–H groups in total. The number of hydrogen-bond donors (Lipinski definition) is 0. The molecule has 0 radical (unpaired) electrons. The predicted molar refractivity (Wildman–Crippen MR) is 106 cm³/mol. The first-order valence-electron chi connectivity index (χ1n) is 10.0. The van der Waals surface area contributed by atoms with E-state index >= 15 is 0 Å². The van der Waals surface area contributed by atoms with E-state index in [2.05, 4.69) is 34.2 Å². The fourth-order valence-corrected chi connectivity index (χ4v) is 4.39. The van der Waals surface area contributed by atoms with Crippen molar-refractivity contribution in [3.63, 3.8) is 0 Å². The Balaban J connectivity index is 1.28. The quantitative estimate of drug-likeness (QED) is 0.802. The maximum absolute atomic E-state index is 12.6. The van der Waals surface area contributed by atoms with Crippen LogP contribution in [0.5, 0.6) is 0 Å². The normalized spacial score (nSPS) is 18.6. The lowest BCUT2D eigenvalue weighted by Gasteiger charge is -2.38. The lowest BCUT2D eigenvalue weighted by atomic mass is 9.77. The van der Waals surface area contributed by atoms with E-state index in [4.69, 9.17) is 0 Å². The van der Waals surface area contributed by atoms with Crippen LogP contribution in [-0.4, -0.2) is 57.8 Å². The van der Waals surface area contributed by atoms with Gasteiger partial charge in [0.25, 0.3) is 5.91 Å². The Labute approximate surface area is 165 Å². The molecule has 2 aliphatic heterocycles. The summed E-state index contributed by atoms with van der Waals surface area (Å²) in [4.78, 5) is 37.1. The second-order valence-electron chi connectivity index (χ2n) is 7.96. The average Bonchev–Trinajstić information content (AvgIpc) is 3.04. The van der Waals surface area contributed by atoms with Crippen LogP contribution in [0.1, 0.15) is 41.7 Å². The number of likely N-dealkylation sites (tertiary alicyclic amines) is 2. The SMILES string of the molecule is O=C1CC2(CCN(C(=O)c3cnccn3)CC2)CN1CCCc1ccccc1. The topological polar surface area (TPSA) is 66.4 Å². The van der Waals surface area contributed by atoms with Gasteiger partial charge in [0.15, 0.2) is 0 Å². The molecular weight excluding hydrogens is 352 g/mol. The molecular formula is C22H26N4O2. The van der Waals surface area contributed by atoms with E-state index in [1.54, 1.807) is 12.4 Å². The smallest absolute Gasteiger partial charge is 0.274 e. The Morgan fingerprint density at radius 1 is 1.11 bits per heavy atom. The molecule has 3 heterocycles. The Bertz CT molecular complexity index is 817. The molecule has 0 bridgehead atoms. The summed E-state index contributed by atoms with van der Waals surface area (Å²) in [6.07, 6.45) is 8.98. The van der Waals surface area contributed by atoms with Crippen LogP contribution < -0.4 is 0 Å². The number of aromatic nitrogens is 2. The molecule has 146 valence electrons. The van der Waals surface area contributed by atoms with Crippen LogP contribution in [0.4, 0.5) is 0 Å². The standard InChI is InChI=1S/C22H26N4O2/c27-20-15-22(17-26(20)12-4-7-18-5-2-1-3-6-18)8-13-25(14-9-22)21(28)19-16-23-10-11-24-19/h1-3,5-6,10-11,16H,4,7-9,12-15,17H2. The third-order valence-corrected chi connectivity index (χ3v) is 6.04. The van der Waals surface area contributed by atoms with Crippen LogP contribution >= 0.6 is 0 Å². The predicted octanol–water partition coefficient (Wildman–Crippen LogP) is 2.56. The average molecular weight is 378 g/mol. The summed E-state index contributed by atoms with van der Waals surface area (Å²) < 4.78 is 0. The molecule has 6 heteroatoms. The van der Waals surface area contributed by atoms with E-state index in [0.717, 1.165) is 38.8 Å². The van der Waals surface area contributed by atoms with Gasteiger partial charge in [-0.3, -0.25) is 14.6 Å². The molecule has 4 rings (SSSR count). The van der Waals surface area contributed by atoms with E-state index in [-0.39, 0.29) is 17.2 Å². The zero-order chi connectivity index (χ0) is 19.4. The summed E-state index contributed by atoms with van der Waals surface area (Å²) >= 11 is 0. The monoisotopic (exact) mass is 378 g/mol. The third kappa shape index (κ3) is 4.06. The van der Waals surface area contributed by atoms with E-state index in [9.17, 15) is 9.59 Å². The first kappa shape index (κ1) is 18.6. The fourth-order valence-electron chi connectivity index (χ4n) is 4.39. The van der Waals surface area contributed by atoms with Gasteiger partial charge in [-0.2, -0.15) is 0 Å². The summed E-state index contributed by atoms with van der Waals surface area (Å²) in [7, 11) is 0. The van der Waals surface area contributed by atoms with Crippen molar-refractivity contribution in [1.29, 1.82) is 0 Å². The number of nitrogens with zero attached hydrogens (tertiary/aromatic N) is 4. The van der Waals surface area contributed by atoms with Crippen molar-refractivity contribution in [2.45, 2.75) is 32.1 Å². The Kier molecular flexibility index (Phi) is 5.37. The fraction of sp³-hybridized carbons (Fsp3) is 0.455. The van der Waals surface area contributed by atoms with Crippen LogP contribution in [0.2, 0.25) is 0 Å². The molecule has 6 nitrogen and oxygen atoms in total. The lowest BCUT2D eigenvalue weighted by Crippen LogP contribution is -2.44. The zero-order valence-electron chi connectivity index (χ0n) is 16.1. The van der Waals surface area contributed by atoms with Crippen molar-refractivity contribution in [2.24, 2.45) is 5.41 Å². The van der Waals surface area contributed by atoms with Gasteiger partial charge >= 0.3 is 0 Å². The second-order valence-corrected chi connectivity index (χ2v) is 7.96. The first-order chi connectivity index (χ1) is 13.7. The maximum Gasteiger partial charge on any atom is 0.274 e. The molecule has 2 amide bonds. The van der Waals surface area contributed by atoms with Crippen molar-refractivity contribution >= 4 is 11.8 Å². The van der Waals surface area contributed by atoms with E-state index in [1.807, 2.05) is 15.9 Å². The number of piperidine rings is 1. The number of carbonyl (C=O) groups is 2. The highest BCUT2D eigenvalue weighted by atomic mass is 16.2. The minimum Gasteiger partial charge on any atom is -0.342 e. The lowest BCUT2D eigenvalue weighted by molar-refractivity contribution is -0.127. The van der Waals surface area contributed by atoms with Gasteiger partial charge in [0.05, 0.1) is 6.20 Å². The van der Waals surface area contributed by atoms with Crippen LogP contribution in [-0.2, 0) is 11.2 Å². The highest BCUT2D eigenvalue weighted by Gasteiger charge is 2.45. The molecule has 2 aliphatic rings. The van der Waals surface area contributed by atoms with Gasteiger partial charge in [-0.05, 0) is 31.2 Å². The van der Waals surface area contributed by atoms with Crippen molar-refractivity contribution < 1.29 is 9.59 Å².